The Morgan fingerprint density at radius 1 is 1.67 bits per heavy atom. The zero-order chi connectivity index (χ0) is 9.03. The lowest BCUT2D eigenvalue weighted by atomic mass is 10.0. The second-order valence-electron chi connectivity index (χ2n) is 3.19. The molecular weight excluding hydrogens is 156 g/mol. The topological polar surface area (TPSA) is 42.6 Å². The molecule has 1 rings (SSSR count). The molecule has 1 heterocycles. The highest BCUT2D eigenvalue weighted by Crippen LogP contribution is 2.13. The van der Waals surface area contributed by atoms with Crippen molar-refractivity contribution in [3.63, 3.8) is 0 Å². The van der Waals surface area contributed by atoms with E-state index in [0.717, 1.165) is 5.76 Å². The van der Waals surface area contributed by atoms with Gasteiger partial charge in [-0.1, -0.05) is 0 Å². The smallest absolute Gasteiger partial charge is 0.106 e. The van der Waals surface area contributed by atoms with E-state index in [1.165, 1.54) is 0 Å². The maximum atomic E-state index is 9.70. The Hall–Kier alpha value is -0.800. The Balaban J connectivity index is 2.50. The van der Waals surface area contributed by atoms with Gasteiger partial charge in [0.05, 0.1) is 18.5 Å². The van der Waals surface area contributed by atoms with Gasteiger partial charge in [0.25, 0.3) is 0 Å². The number of aliphatic hydroxyl groups is 1. The van der Waals surface area contributed by atoms with Crippen LogP contribution in [0.25, 0.3) is 0 Å². The van der Waals surface area contributed by atoms with Crippen molar-refractivity contribution in [2.75, 3.05) is 13.7 Å². The fourth-order valence-electron chi connectivity index (χ4n) is 1.15. The molecule has 0 bridgehead atoms. The van der Waals surface area contributed by atoms with E-state index in [0.29, 0.717) is 13.0 Å². The summed E-state index contributed by atoms with van der Waals surface area (Å²) in [5.41, 5.74) is -0.841. The fraction of sp³-hybridized carbons (Fsp3) is 0.556. The highest BCUT2D eigenvalue weighted by atomic mass is 16.5. The second kappa shape index (κ2) is 3.74. The van der Waals surface area contributed by atoms with Crippen LogP contribution in [0.5, 0.6) is 0 Å². The average molecular weight is 170 g/mol. The van der Waals surface area contributed by atoms with E-state index in [2.05, 4.69) is 0 Å². The molecule has 1 N–H and O–H groups in total. The summed E-state index contributed by atoms with van der Waals surface area (Å²) in [4.78, 5) is 0. The molecule has 0 aromatic carbocycles. The van der Waals surface area contributed by atoms with Gasteiger partial charge in [-0.05, 0) is 19.1 Å². The fourth-order valence-corrected chi connectivity index (χ4v) is 1.15. The van der Waals surface area contributed by atoms with E-state index >= 15 is 0 Å². The summed E-state index contributed by atoms with van der Waals surface area (Å²) in [5.74, 6) is 0.775. The Morgan fingerprint density at radius 2 is 2.42 bits per heavy atom. The van der Waals surface area contributed by atoms with Crippen molar-refractivity contribution >= 4 is 0 Å². The number of rotatable bonds is 4. The molecule has 1 unspecified atom stereocenters. The first-order valence-electron chi connectivity index (χ1n) is 3.88. The van der Waals surface area contributed by atoms with Gasteiger partial charge in [-0.15, -0.1) is 0 Å². The summed E-state index contributed by atoms with van der Waals surface area (Å²) >= 11 is 0. The summed E-state index contributed by atoms with van der Waals surface area (Å²) < 4.78 is 9.96. The SMILES string of the molecule is COCC(C)(O)Cc1ccco1. The minimum absolute atomic E-state index is 0.313. The summed E-state index contributed by atoms with van der Waals surface area (Å²) in [7, 11) is 1.57. The van der Waals surface area contributed by atoms with Crippen LogP contribution in [-0.4, -0.2) is 24.4 Å². The Labute approximate surface area is 72.0 Å². The molecule has 1 aromatic rings. The molecule has 0 saturated heterocycles. The molecule has 0 aliphatic carbocycles. The van der Waals surface area contributed by atoms with Crippen LogP contribution >= 0.6 is 0 Å². The van der Waals surface area contributed by atoms with Gasteiger partial charge in [0.1, 0.15) is 5.76 Å². The van der Waals surface area contributed by atoms with Crippen molar-refractivity contribution in [2.24, 2.45) is 0 Å². The maximum Gasteiger partial charge on any atom is 0.106 e. The maximum absolute atomic E-state index is 9.70. The highest BCUT2D eigenvalue weighted by molar-refractivity contribution is 5.02. The van der Waals surface area contributed by atoms with Crippen LogP contribution < -0.4 is 0 Å². The predicted molar refractivity (Wildman–Crippen MR) is 44.9 cm³/mol. The van der Waals surface area contributed by atoms with E-state index in [1.807, 2.05) is 6.07 Å². The molecule has 0 aliphatic rings. The summed E-state index contributed by atoms with van der Waals surface area (Å²) in [6.45, 7) is 2.03. The molecule has 3 heteroatoms. The van der Waals surface area contributed by atoms with Gasteiger partial charge in [-0.2, -0.15) is 0 Å². The van der Waals surface area contributed by atoms with E-state index < -0.39 is 5.60 Å². The molecule has 0 amide bonds. The normalized spacial score (nSPS) is 15.9. The number of hydrogen-bond donors (Lipinski definition) is 1. The third-order valence-corrected chi connectivity index (χ3v) is 1.59. The Morgan fingerprint density at radius 3 is 2.92 bits per heavy atom. The van der Waals surface area contributed by atoms with Crippen molar-refractivity contribution < 1.29 is 14.3 Å². The molecule has 68 valence electrons. The first kappa shape index (κ1) is 9.29. The quantitative estimate of drug-likeness (QED) is 0.738. The molecule has 0 fully saturated rings. The first-order chi connectivity index (χ1) is 5.64. The summed E-state index contributed by atoms with van der Waals surface area (Å²) in [5, 5.41) is 9.70. The van der Waals surface area contributed by atoms with Gasteiger partial charge in [0, 0.05) is 13.5 Å². The Kier molecular flexibility index (Phi) is 2.89. The lowest BCUT2D eigenvalue weighted by Crippen LogP contribution is -2.32. The van der Waals surface area contributed by atoms with Crippen LogP contribution in [0.15, 0.2) is 22.8 Å². The van der Waals surface area contributed by atoms with E-state index in [1.54, 1.807) is 26.4 Å². The van der Waals surface area contributed by atoms with Crippen LogP contribution in [-0.2, 0) is 11.2 Å². The van der Waals surface area contributed by atoms with Crippen molar-refractivity contribution in [1.29, 1.82) is 0 Å². The van der Waals surface area contributed by atoms with Crippen molar-refractivity contribution in [3.05, 3.63) is 24.2 Å². The van der Waals surface area contributed by atoms with Crippen LogP contribution in [0, 0.1) is 0 Å². The van der Waals surface area contributed by atoms with Crippen molar-refractivity contribution in [3.8, 4) is 0 Å². The predicted octanol–water partition coefficient (Wildman–Crippen LogP) is 1.22. The molecule has 3 nitrogen and oxygen atoms in total. The van der Waals surface area contributed by atoms with Gasteiger partial charge in [-0.3, -0.25) is 0 Å². The van der Waals surface area contributed by atoms with Gasteiger partial charge in [0.2, 0.25) is 0 Å². The van der Waals surface area contributed by atoms with Gasteiger partial charge < -0.3 is 14.3 Å². The third-order valence-electron chi connectivity index (χ3n) is 1.59. The van der Waals surface area contributed by atoms with Crippen molar-refractivity contribution in [1.82, 2.24) is 0 Å². The molecule has 0 radical (unpaired) electrons. The molecular formula is C9H14O3. The zero-order valence-corrected chi connectivity index (χ0v) is 7.41. The molecule has 1 aromatic heterocycles. The first-order valence-corrected chi connectivity index (χ1v) is 3.88. The highest BCUT2D eigenvalue weighted by Gasteiger charge is 2.21. The minimum Gasteiger partial charge on any atom is -0.469 e. The van der Waals surface area contributed by atoms with Gasteiger partial charge in [-0.25, -0.2) is 0 Å². The number of furan rings is 1. The number of methoxy groups -OCH3 is 1. The third kappa shape index (κ3) is 2.68. The van der Waals surface area contributed by atoms with Crippen molar-refractivity contribution in [2.45, 2.75) is 18.9 Å². The summed E-state index contributed by atoms with van der Waals surface area (Å²) in [6.07, 6.45) is 2.08. The van der Waals surface area contributed by atoms with Crippen LogP contribution in [0.2, 0.25) is 0 Å². The lowest BCUT2D eigenvalue weighted by molar-refractivity contribution is -0.0192. The van der Waals surface area contributed by atoms with E-state index in [-0.39, 0.29) is 0 Å². The molecule has 1 atom stereocenters. The Bertz CT molecular complexity index is 214. The van der Waals surface area contributed by atoms with E-state index in [4.69, 9.17) is 9.15 Å². The van der Waals surface area contributed by atoms with Crippen LogP contribution in [0.4, 0.5) is 0 Å². The van der Waals surface area contributed by atoms with Gasteiger partial charge in [0.15, 0.2) is 0 Å². The molecule has 0 saturated carbocycles. The number of ether oxygens (including phenoxy) is 1. The number of hydrogen-bond acceptors (Lipinski definition) is 3. The zero-order valence-electron chi connectivity index (χ0n) is 7.41. The average Bonchev–Trinajstić information content (AvgIpc) is 2.38. The van der Waals surface area contributed by atoms with Crippen LogP contribution in [0.1, 0.15) is 12.7 Å². The summed E-state index contributed by atoms with van der Waals surface area (Å²) in [6, 6.07) is 3.64. The monoisotopic (exact) mass is 170 g/mol. The van der Waals surface area contributed by atoms with E-state index in [9.17, 15) is 5.11 Å². The van der Waals surface area contributed by atoms with Crippen LogP contribution in [0.3, 0.4) is 0 Å². The largest absolute Gasteiger partial charge is 0.469 e. The standard InChI is InChI=1S/C9H14O3/c1-9(10,7-11-2)6-8-4-3-5-12-8/h3-5,10H,6-7H2,1-2H3. The van der Waals surface area contributed by atoms with Gasteiger partial charge >= 0.3 is 0 Å². The molecule has 0 spiro atoms. The lowest BCUT2D eigenvalue weighted by Gasteiger charge is -2.20. The molecule has 0 aliphatic heterocycles. The minimum atomic E-state index is -0.841. The second-order valence-corrected chi connectivity index (χ2v) is 3.19. The molecule has 12 heavy (non-hydrogen) atoms.